The number of rotatable bonds is 8. The molecule has 0 spiro atoms. The fourth-order valence-corrected chi connectivity index (χ4v) is 1.11. The van der Waals surface area contributed by atoms with Gasteiger partial charge in [0.1, 0.15) is 0 Å². The lowest BCUT2D eigenvalue weighted by Gasteiger charge is -1.98. The fourth-order valence-electron chi connectivity index (χ4n) is 1.11. The van der Waals surface area contributed by atoms with Gasteiger partial charge in [-0.15, -0.1) is 0 Å². The van der Waals surface area contributed by atoms with Crippen molar-refractivity contribution < 1.29 is 13.9 Å². The molecule has 0 fully saturated rings. The predicted octanol–water partition coefficient (Wildman–Crippen LogP) is 4.61. The molecule has 3 heteroatoms. The van der Waals surface area contributed by atoms with Gasteiger partial charge < -0.3 is 0 Å². The first-order chi connectivity index (χ1) is 6.83. The average Bonchev–Trinajstić information content (AvgIpc) is 2.18. The van der Waals surface area contributed by atoms with Crippen LogP contribution >= 0.6 is 0 Å². The second-order valence-corrected chi connectivity index (χ2v) is 3.20. The van der Waals surface area contributed by atoms with E-state index >= 15 is 0 Å². The van der Waals surface area contributed by atoms with Crippen LogP contribution in [-0.2, 0) is 4.94 Å². The molecule has 0 N–H and O–H groups in total. The van der Waals surface area contributed by atoms with Crippen LogP contribution in [0.5, 0.6) is 0 Å². The third-order valence-electron chi connectivity index (χ3n) is 1.83. The molecule has 0 saturated heterocycles. The van der Waals surface area contributed by atoms with Crippen molar-refractivity contribution in [2.75, 3.05) is 13.3 Å². The maximum atomic E-state index is 11.1. The fraction of sp³-hybridized carbons (Fsp3) is 1.00. The summed E-state index contributed by atoms with van der Waals surface area (Å²) in [6.07, 6.45) is 8.43. The van der Waals surface area contributed by atoms with Crippen molar-refractivity contribution in [1.29, 1.82) is 0 Å². The summed E-state index contributed by atoms with van der Waals surface area (Å²) in [5.74, 6) is 0. The summed E-state index contributed by atoms with van der Waals surface area (Å²) in [5.41, 5.74) is 0. The van der Waals surface area contributed by atoms with Crippen LogP contribution in [0, 0.1) is 0 Å². The molecule has 0 aromatic carbocycles. The molecule has 0 aliphatic rings. The predicted molar refractivity (Wildman–Crippen MR) is 56.7 cm³/mol. The van der Waals surface area contributed by atoms with Crippen LogP contribution in [0.15, 0.2) is 0 Å². The summed E-state index contributed by atoms with van der Waals surface area (Å²) < 4.78 is 21.4. The quantitative estimate of drug-likeness (QED) is 0.531. The molecule has 1 nitrogen and oxygen atoms in total. The summed E-state index contributed by atoms with van der Waals surface area (Å²) in [6, 6.07) is 0. The molecule has 0 saturated carbocycles. The van der Waals surface area contributed by atoms with E-state index in [4.69, 9.17) is 0 Å². The maximum absolute atomic E-state index is 11.1. The van der Waals surface area contributed by atoms with E-state index in [1.165, 1.54) is 39.0 Å². The highest BCUT2D eigenvalue weighted by molar-refractivity contribution is 4.43. The molecular weight excluding hydrogens is 186 g/mol. The van der Waals surface area contributed by atoms with Crippen LogP contribution in [0.4, 0.5) is 8.92 Å². The van der Waals surface area contributed by atoms with Crippen molar-refractivity contribution in [3.63, 3.8) is 0 Å². The van der Waals surface area contributed by atoms with Gasteiger partial charge in [0.25, 0.3) is 0 Å². The molecule has 0 radical (unpaired) electrons. The smallest absolute Gasteiger partial charge is 0.0876 e. The number of hydrogen-bond donors (Lipinski definition) is 0. The van der Waals surface area contributed by atoms with E-state index in [1.54, 1.807) is 0 Å². The highest BCUT2D eigenvalue weighted by Crippen LogP contribution is 2.06. The molecule has 0 amide bonds. The molecule has 0 rings (SSSR count). The number of halogens is 2. The van der Waals surface area contributed by atoms with Crippen LogP contribution in [0.3, 0.4) is 0 Å². The van der Waals surface area contributed by atoms with E-state index < -0.39 is 0 Å². The van der Waals surface area contributed by atoms with Gasteiger partial charge in [-0.05, 0) is 17.9 Å². The van der Waals surface area contributed by atoms with Gasteiger partial charge in [-0.2, -0.15) is 4.94 Å². The molecule has 0 aliphatic carbocycles. The SMILES string of the molecule is CCCCCCCCCOF.CCF. The summed E-state index contributed by atoms with van der Waals surface area (Å²) >= 11 is 0. The zero-order chi connectivity index (χ0) is 11.1. The summed E-state index contributed by atoms with van der Waals surface area (Å²) in [5, 5.41) is 0. The monoisotopic (exact) mass is 210 g/mol. The van der Waals surface area contributed by atoms with Crippen molar-refractivity contribution in [3.8, 4) is 0 Å². The van der Waals surface area contributed by atoms with E-state index in [2.05, 4.69) is 11.9 Å². The van der Waals surface area contributed by atoms with E-state index in [1.807, 2.05) is 0 Å². The lowest BCUT2D eigenvalue weighted by Crippen LogP contribution is -1.85. The molecule has 0 bridgehead atoms. The van der Waals surface area contributed by atoms with Crippen LogP contribution in [0.25, 0.3) is 0 Å². The number of unbranched alkanes of at least 4 members (excludes halogenated alkanes) is 6. The van der Waals surface area contributed by atoms with Crippen LogP contribution in [0.1, 0.15) is 58.8 Å². The van der Waals surface area contributed by atoms with Crippen molar-refractivity contribution in [2.45, 2.75) is 58.8 Å². The zero-order valence-corrected chi connectivity index (χ0v) is 9.53. The maximum Gasteiger partial charge on any atom is 0.0876 e. The highest BCUT2D eigenvalue weighted by Gasteiger charge is 1.90. The first kappa shape index (κ1) is 16.3. The first-order valence-corrected chi connectivity index (χ1v) is 5.62. The second-order valence-electron chi connectivity index (χ2n) is 3.20. The largest absolute Gasteiger partial charge is 0.251 e. The molecule has 0 unspecified atom stereocenters. The van der Waals surface area contributed by atoms with Crippen molar-refractivity contribution >= 4 is 0 Å². The van der Waals surface area contributed by atoms with E-state index in [0.29, 0.717) is 0 Å². The number of alkyl halides is 1. The Bertz CT molecular complexity index is 71.7. The molecule has 0 aromatic rings. The number of hydrogen-bond acceptors (Lipinski definition) is 1. The Kier molecular flexibility index (Phi) is 21.6. The Balaban J connectivity index is 0. The van der Waals surface area contributed by atoms with Crippen LogP contribution in [0.2, 0.25) is 0 Å². The topological polar surface area (TPSA) is 9.23 Å². The van der Waals surface area contributed by atoms with Gasteiger partial charge in [0.05, 0.1) is 13.3 Å². The van der Waals surface area contributed by atoms with Crippen LogP contribution in [-0.4, -0.2) is 13.3 Å². The summed E-state index contributed by atoms with van der Waals surface area (Å²) in [4.78, 5) is 3.47. The average molecular weight is 210 g/mol. The molecule has 14 heavy (non-hydrogen) atoms. The van der Waals surface area contributed by atoms with Gasteiger partial charge in [-0.25, -0.2) is 0 Å². The lowest BCUT2D eigenvalue weighted by molar-refractivity contribution is -0.133. The second kappa shape index (κ2) is 18.6. The first-order valence-electron chi connectivity index (χ1n) is 5.62. The Morgan fingerprint density at radius 2 is 1.29 bits per heavy atom. The van der Waals surface area contributed by atoms with E-state index in [-0.39, 0.29) is 13.3 Å². The lowest BCUT2D eigenvalue weighted by atomic mass is 10.1. The minimum atomic E-state index is -0.250. The summed E-state index contributed by atoms with van der Waals surface area (Å²) in [6.45, 7) is 3.69. The minimum Gasteiger partial charge on any atom is -0.251 e. The molecule has 0 heterocycles. The van der Waals surface area contributed by atoms with Gasteiger partial charge in [0, 0.05) is 0 Å². The van der Waals surface area contributed by atoms with Crippen molar-refractivity contribution in [1.82, 2.24) is 0 Å². The van der Waals surface area contributed by atoms with Gasteiger partial charge >= 0.3 is 0 Å². The molecule has 88 valence electrons. The van der Waals surface area contributed by atoms with Gasteiger partial charge in [-0.3, -0.25) is 4.39 Å². The van der Waals surface area contributed by atoms with E-state index in [0.717, 1.165) is 12.8 Å². The standard InChI is InChI=1S/C9H19FO.C2H5F/c1-2-3-4-5-6-7-8-9-11-10;1-2-3/h2-9H2,1H3;2H2,1H3. The Hall–Kier alpha value is -0.180. The summed E-state index contributed by atoms with van der Waals surface area (Å²) in [7, 11) is 0. The van der Waals surface area contributed by atoms with Crippen molar-refractivity contribution in [2.24, 2.45) is 0 Å². The molecule has 0 aromatic heterocycles. The molecule has 0 atom stereocenters. The third kappa shape index (κ3) is 22.6. The Labute approximate surface area is 86.7 Å². The van der Waals surface area contributed by atoms with Gasteiger partial charge in [0.2, 0.25) is 0 Å². The normalized spacial score (nSPS) is 9.43. The van der Waals surface area contributed by atoms with Crippen molar-refractivity contribution in [3.05, 3.63) is 0 Å². The van der Waals surface area contributed by atoms with Crippen LogP contribution < -0.4 is 0 Å². The van der Waals surface area contributed by atoms with Gasteiger partial charge in [0.15, 0.2) is 0 Å². The Morgan fingerprint density at radius 3 is 1.71 bits per heavy atom. The van der Waals surface area contributed by atoms with Gasteiger partial charge in [-0.1, -0.05) is 45.4 Å². The highest BCUT2D eigenvalue weighted by atomic mass is 19.3. The Morgan fingerprint density at radius 1 is 0.857 bits per heavy atom. The minimum absolute atomic E-state index is 0.250. The zero-order valence-electron chi connectivity index (χ0n) is 9.53. The van der Waals surface area contributed by atoms with E-state index in [9.17, 15) is 8.92 Å². The molecule has 0 aliphatic heterocycles. The molecular formula is C11H24F2O. The third-order valence-corrected chi connectivity index (χ3v) is 1.83.